The lowest BCUT2D eigenvalue weighted by atomic mass is 10.1. The van der Waals surface area contributed by atoms with E-state index in [1.54, 1.807) is 12.4 Å². The SMILES string of the molecule is O=C(c1ccc(-c2ncc[nH]2)cc1)N1CCCCC1. The molecule has 1 aliphatic rings. The van der Waals surface area contributed by atoms with Gasteiger partial charge in [-0.1, -0.05) is 12.1 Å². The van der Waals surface area contributed by atoms with Crippen LogP contribution in [0.5, 0.6) is 0 Å². The summed E-state index contributed by atoms with van der Waals surface area (Å²) in [4.78, 5) is 21.5. The van der Waals surface area contributed by atoms with E-state index in [1.807, 2.05) is 29.2 Å². The van der Waals surface area contributed by atoms with Crippen molar-refractivity contribution in [3.8, 4) is 11.4 Å². The average molecular weight is 255 g/mol. The molecule has 4 heteroatoms. The van der Waals surface area contributed by atoms with Crippen molar-refractivity contribution in [1.82, 2.24) is 14.9 Å². The summed E-state index contributed by atoms with van der Waals surface area (Å²) in [5.41, 5.74) is 1.76. The number of piperidine rings is 1. The zero-order chi connectivity index (χ0) is 13.1. The second kappa shape index (κ2) is 5.26. The van der Waals surface area contributed by atoms with Crippen LogP contribution in [-0.2, 0) is 0 Å². The summed E-state index contributed by atoms with van der Waals surface area (Å²) >= 11 is 0. The van der Waals surface area contributed by atoms with Gasteiger partial charge in [-0.25, -0.2) is 4.98 Å². The lowest BCUT2D eigenvalue weighted by Crippen LogP contribution is -2.35. The molecule has 1 aliphatic heterocycles. The van der Waals surface area contributed by atoms with Crippen molar-refractivity contribution in [3.05, 3.63) is 42.2 Å². The number of hydrogen-bond donors (Lipinski definition) is 1. The summed E-state index contributed by atoms with van der Waals surface area (Å²) in [5, 5.41) is 0. The number of aromatic amines is 1. The van der Waals surface area contributed by atoms with Crippen molar-refractivity contribution < 1.29 is 4.79 Å². The molecule has 0 radical (unpaired) electrons. The third-order valence-corrected chi connectivity index (χ3v) is 3.55. The highest BCUT2D eigenvalue weighted by Gasteiger charge is 2.17. The minimum atomic E-state index is 0.144. The fraction of sp³-hybridized carbons (Fsp3) is 0.333. The Morgan fingerprint density at radius 1 is 1.11 bits per heavy atom. The van der Waals surface area contributed by atoms with Gasteiger partial charge in [-0.05, 0) is 31.4 Å². The molecule has 0 aliphatic carbocycles. The van der Waals surface area contributed by atoms with E-state index in [9.17, 15) is 4.79 Å². The van der Waals surface area contributed by atoms with Crippen molar-refractivity contribution >= 4 is 5.91 Å². The van der Waals surface area contributed by atoms with Gasteiger partial charge in [0, 0.05) is 36.6 Å². The van der Waals surface area contributed by atoms with Crippen LogP contribution in [0.1, 0.15) is 29.6 Å². The Bertz CT molecular complexity index is 539. The first-order valence-corrected chi connectivity index (χ1v) is 6.74. The molecular weight excluding hydrogens is 238 g/mol. The molecule has 0 spiro atoms. The highest BCUT2D eigenvalue weighted by Crippen LogP contribution is 2.17. The average Bonchev–Trinajstić information content (AvgIpc) is 3.02. The van der Waals surface area contributed by atoms with Crippen molar-refractivity contribution in [2.45, 2.75) is 19.3 Å². The molecule has 3 rings (SSSR count). The number of imidazole rings is 1. The molecular formula is C15H17N3O. The van der Waals surface area contributed by atoms with Gasteiger partial charge in [0.25, 0.3) is 5.91 Å². The monoisotopic (exact) mass is 255 g/mol. The Morgan fingerprint density at radius 3 is 2.47 bits per heavy atom. The van der Waals surface area contributed by atoms with E-state index in [-0.39, 0.29) is 5.91 Å². The summed E-state index contributed by atoms with van der Waals surface area (Å²) in [6.07, 6.45) is 7.00. The quantitative estimate of drug-likeness (QED) is 0.897. The second-order valence-corrected chi connectivity index (χ2v) is 4.87. The summed E-state index contributed by atoms with van der Waals surface area (Å²) in [5.74, 6) is 0.975. The van der Waals surface area contributed by atoms with E-state index < -0.39 is 0 Å². The number of rotatable bonds is 2. The van der Waals surface area contributed by atoms with Crippen molar-refractivity contribution in [2.75, 3.05) is 13.1 Å². The van der Waals surface area contributed by atoms with Gasteiger partial charge in [0.15, 0.2) is 0 Å². The molecule has 1 aromatic heterocycles. The third-order valence-electron chi connectivity index (χ3n) is 3.55. The highest BCUT2D eigenvalue weighted by molar-refractivity contribution is 5.94. The van der Waals surface area contributed by atoms with Gasteiger partial charge in [0.1, 0.15) is 5.82 Å². The number of H-pyrrole nitrogens is 1. The van der Waals surface area contributed by atoms with Gasteiger partial charge < -0.3 is 9.88 Å². The number of nitrogens with zero attached hydrogens (tertiary/aromatic N) is 2. The maximum Gasteiger partial charge on any atom is 0.253 e. The van der Waals surface area contributed by atoms with Crippen LogP contribution in [0, 0.1) is 0 Å². The molecule has 0 atom stereocenters. The Balaban J connectivity index is 1.76. The van der Waals surface area contributed by atoms with Gasteiger partial charge >= 0.3 is 0 Å². The summed E-state index contributed by atoms with van der Waals surface area (Å²) < 4.78 is 0. The van der Waals surface area contributed by atoms with E-state index in [1.165, 1.54) is 6.42 Å². The standard InChI is InChI=1S/C15H17N3O/c19-15(18-10-2-1-3-11-18)13-6-4-12(5-7-13)14-16-8-9-17-14/h4-9H,1-3,10-11H2,(H,16,17). The van der Waals surface area contributed by atoms with Crippen LogP contribution < -0.4 is 0 Å². The first kappa shape index (κ1) is 12.0. The molecule has 2 aromatic rings. The zero-order valence-corrected chi connectivity index (χ0v) is 10.8. The fourth-order valence-corrected chi connectivity index (χ4v) is 2.47. The topological polar surface area (TPSA) is 49.0 Å². The summed E-state index contributed by atoms with van der Waals surface area (Å²) in [7, 11) is 0. The molecule has 1 amide bonds. The van der Waals surface area contributed by atoms with E-state index in [0.717, 1.165) is 42.9 Å². The Kier molecular flexibility index (Phi) is 3.31. The largest absolute Gasteiger partial charge is 0.345 e. The fourth-order valence-electron chi connectivity index (χ4n) is 2.47. The third kappa shape index (κ3) is 2.52. The minimum Gasteiger partial charge on any atom is -0.345 e. The number of benzene rings is 1. The number of aromatic nitrogens is 2. The zero-order valence-electron chi connectivity index (χ0n) is 10.8. The van der Waals surface area contributed by atoms with E-state index >= 15 is 0 Å². The summed E-state index contributed by atoms with van der Waals surface area (Å²) in [6.45, 7) is 1.78. The molecule has 4 nitrogen and oxygen atoms in total. The van der Waals surface area contributed by atoms with Crippen LogP contribution in [0.25, 0.3) is 11.4 Å². The summed E-state index contributed by atoms with van der Waals surface area (Å²) in [6, 6.07) is 7.65. The molecule has 0 bridgehead atoms. The molecule has 0 saturated carbocycles. The Hall–Kier alpha value is -2.10. The lowest BCUT2D eigenvalue weighted by molar-refractivity contribution is 0.0724. The minimum absolute atomic E-state index is 0.144. The predicted octanol–water partition coefficient (Wildman–Crippen LogP) is 2.70. The normalized spacial score (nSPS) is 15.5. The van der Waals surface area contributed by atoms with Crippen molar-refractivity contribution in [2.24, 2.45) is 0 Å². The molecule has 2 heterocycles. The molecule has 1 saturated heterocycles. The molecule has 1 N–H and O–H groups in total. The van der Waals surface area contributed by atoms with Crippen molar-refractivity contribution in [1.29, 1.82) is 0 Å². The van der Waals surface area contributed by atoms with Gasteiger partial charge in [-0.15, -0.1) is 0 Å². The van der Waals surface area contributed by atoms with Crippen LogP contribution in [-0.4, -0.2) is 33.9 Å². The lowest BCUT2D eigenvalue weighted by Gasteiger charge is -2.26. The van der Waals surface area contributed by atoms with Gasteiger partial charge in [-0.2, -0.15) is 0 Å². The smallest absolute Gasteiger partial charge is 0.253 e. The number of amides is 1. The first-order chi connectivity index (χ1) is 9.34. The Morgan fingerprint density at radius 2 is 1.84 bits per heavy atom. The van der Waals surface area contributed by atoms with E-state index in [2.05, 4.69) is 9.97 Å². The van der Waals surface area contributed by atoms with Crippen LogP contribution in [0.2, 0.25) is 0 Å². The number of carbonyl (C=O) groups excluding carboxylic acids is 1. The van der Waals surface area contributed by atoms with Gasteiger partial charge in [0.05, 0.1) is 0 Å². The number of carbonyl (C=O) groups is 1. The molecule has 0 unspecified atom stereocenters. The van der Waals surface area contributed by atoms with Gasteiger partial charge in [-0.3, -0.25) is 4.79 Å². The van der Waals surface area contributed by atoms with E-state index in [4.69, 9.17) is 0 Å². The van der Waals surface area contributed by atoms with Crippen LogP contribution in [0.3, 0.4) is 0 Å². The molecule has 98 valence electrons. The number of hydrogen-bond acceptors (Lipinski definition) is 2. The predicted molar refractivity (Wildman–Crippen MR) is 73.8 cm³/mol. The van der Waals surface area contributed by atoms with Gasteiger partial charge in [0.2, 0.25) is 0 Å². The van der Waals surface area contributed by atoms with E-state index in [0.29, 0.717) is 0 Å². The molecule has 1 aromatic carbocycles. The molecule has 19 heavy (non-hydrogen) atoms. The maximum atomic E-state index is 12.3. The number of likely N-dealkylation sites (tertiary alicyclic amines) is 1. The molecule has 1 fully saturated rings. The maximum absolute atomic E-state index is 12.3. The van der Waals surface area contributed by atoms with Crippen LogP contribution in [0.15, 0.2) is 36.7 Å². The first-order valence-electron chi connectivity index (χ1n) is 6.74. The van der Waals surface area contributed by atoms with Crippen LogP contribution in [0.4, 0.5) is 0 Å². The Labute approximate surface area is 112 Å². The highest BCUT2D eigenvalue weighted by atomic mass is 16.2. The van der Waals surface area contributed by atoms with Crippen LogP contribution >= 0.6 is 0 Å². The second-order valence-electron chi connectivity index (χ2n) is 4.87. The number of nitrogens with one attached hydrogen (secondary N) is 1. The van der Waals surface area contributed by atoms with Crippen molar-refractivity contribution in [3.63, 3.8) is 0 Å².